The fourth-order valence-electron chi connectivity index (χ4n) is 3.89. The predicted octanol–water partition coefficient (Wildman–Crippen LogP) is 3.70. The summed E-state index contributed by atoms with van der Waals surface area (Å²) in [5.74, 6) is -2.32. The van der Waals surface area contributed by atoms with Crippen LogP contribution < -0.4 is 9.64 Å². The first-order valence-electron chi connectivity index (χ1n) is 11.6. The van der Waals surface area contributed by atoms with E-state index in [2.05, 4.69) is 0 Å². The molecule has 3 rings (SSSR count). The van der Waals surface area contributed by atoms with Gasteiger partial charge in [0.1, 0.15) is 11.6 Å². The van der Waals surface area contributed by atoms with Crippen molar-refractivity contribution in [3.8, 4) is 5.75 Å². The van der Waals surface area contributed by atoms with Crippen molar-refractivity contribution >= 4 is 31.3 Å². The molecule has 0 saturated carbocycles. The number of benzene rings is 2. The van der Waals surface area contributed by atoms with Crippen LogP contribution in [0.15, 0.2) is 46.2 Å². The largest absolute Gasteiger partial charge is 0.490 e. The maximum Gasteiger partial charge on any atom is 0.390 e. The monoisotopic (exact) mass is 580 g/mol. The number of hydrogen-bond acceptors (Lipinski definition) is 7. The molecule has 0 aliphatic carbocycles. The molecule has 0 spiro atoms. The van der Waals surface area contributed by atoms with Gasteiger partial charge in [-0.2, -0.15) is 13.2 Å². The van der Waals surface area contributed by atoms with E-state index < -0.39 is 54.6 Å². The summed E-state index contributed by atoms with van der Waals surface area (Å²) in [4.78, 5) is 15.8. The first kappa shape index (κ1) is 29.7. The lowest BCUT2D eigenvalue weighted by molar-refractivity contribution is -0.129. The summed E-state index contributed by atoms with van der Waals surface area (Å²) in [5.41, 5.74) is 0.129. The number of rotatable bonds is 8. The maximum absolute atomic E-state index is 14.8. The van der Waals surface area contributed by atoms with Crippen molar-refractivity contribution < 1.29 is 43.9 Å². The van der Waals surface area contributed by atoms with Gasteiger partial charge in [-0.15, -0.1) is 0 Å². The van der Waals surface area contributed by atoms with Gasteiger partial charge in [0, 0.05) is 32.4 Å². The van der Waals surface area contributed by atoms with Crippen LogP contribution in [0.1, 0.15) is 30.6 Å². The van der Waals surface area contributed by atoms with Crippen molar-refractivity contribution in [2.75, 3.05) is 43.1 Å². The van der Waals surface area contributed by atoms with E-state index in [1.165, 1.54) is 29.2 Å². The maximum atomic E-state index is 14.8. The molecule has 1 heterocycles. The molecule has 1 saturated heterocycles. The minimum Gasteiger partial charge on any atom is -0.490 e. The minimum absolute atomic E-state index is 0.0389. The highest BCUT2D eigenvalue weighted by Gasteiger charge is 2.31. The smallest absolute Gasteiger partial charge is 0.390 e. The van der Waals surface area contributed by atoms with Gasteiger partial charge in [0.05, 0.1) is 39.3 Å². The summed E-state index contributed by atoms with van der Waals surface area (Å²) >= 11 is 0. The lowest BCUT2D eigenvalue weighted by Gasteiger charge is -2.36. The van der Waals surface area contributed by atoms with Gasteiger partial charge in [0.25, 0.3) is 5.91 Å². The molecule has 1 fully saturated rings. The molecule has 0 unspecified atom stereocenters. The summed E-state index contributed by atoms with van der Waals surface area (Å²) in [6.07, 6.45) is -5.44. The Kier molecular flexibility index (Phi) is 8.66. The molecule has 1 aliphatic heterocycles. The third-order valence-electron chi connectivity index (χ3n) is 5.81. The Bertz CT molecular complexity index is 1400. The van der Waals surface area contributed by atoms with Gasteiger partial charge in [-0.25, -0.2) is 21.2 Å². The Hall–Kier alpha value is -2.87. The number of nitrogens with zero attached hydrogens (tertiary/aromatic N) is 2. The molecule has 0 bridgehead atoms. The first-order chi connectivity index (χ1) is 17.5. The molecular weight excluding hydrogens is 552 g/mol. The van der Waals surface area contributed by atoms with E-state index in [0.717, 1.165) is 12.3 Å². The fraction of sp³-hybridized carbons (Fsp3) is 0.458. The summed E-state index contributed by atoms with van der Waals surface area (Å²) < 4.78 is 106. The number of anilines is 1. The van der Waals surface area contributed by atoms with Crippen LogP contribution in [0.3, 0.4) is 0 Å². The molecular formula is C24H28F4N2O6S2. The van der Waals surface area contributed by atoms with E-state index >= 15 is 0 Å². The zero-order valence-corrected chi connectivity index (χ0v) is 22.6. The molecule has 210 valence electrons. The van der Waals surface area contributed by atoms with Gasteiger partial charge in [-0.05, 0) is 50.2 Å². The number of carbonyl (C=O) groups is 1. The van der Waals surface area contributed by atoms with Gasteiger partial charge >= 0.3 is 6.18 Å². The topological polar surface area (TPSA) is 101 Å². The summed E-state index contributed by atoms with van der Waals surface area (Å²) in [7, 11) is -7.91. The van der Waals surface area contributed by atoms with Gasteiger partial charge in [-0.3, -0.25) is 4.79 Å². The van der Waals surface area contributed by atoms with Crippen molar-refractivity contribution in [2.24, 2.45) is 0 Å². The zero-order chi connectivity index (χ0) is 28.5. The van der Waals surface area contributed by atoms with E-state index in [1.54, 1.807) is 18.7 Å². The number of hydrogen-bond donors (Lipinski definition) is 0. The lowest BCUT2D eigenvalue weighted by atomic mass is 10.1. The van der Waals surface area contributed by atoms with Crippen LogP contribution in [-0.2, 0) is 19.7 Å². The summed E-state index contributed by atoms with van der Waals surface area (Å²) in [6, 6.07) is 7.01. The average Bonchev–Trinajstić information content (AvgIpc) is 2.81. The second-order valence-corrected chi connectivity index (χ2v) is 13.3. The molecule has 1 aliphatic rings. The summed E-state index contributed by atoms with van der Waals surface area (Å²) in [5, 5.41) is 0. The van der Waals surface area contributed by atoms with Crippen LogP contribution in [0, 0.1) is 5.82 Å². The lowest BCUT2D eigenvalue weighted by Crippen LogP contribution is -2.49. The molecule has 1 amide bonds. The zero-order valence-electron chi connectivity index (χ0n) is 21.0. The van der Waals surface area contributed by atoms with Crippen LogP contribution in [-0.4, -0.2) is 78.1 Å². The number of carbonyl (C=O) groups excluding carboxylic acids is 1. The van der Waals surface area contributed by atoms with Crippen LogP contribution >= 0.6 is 0 Å². The van der Waals surface area contributed by atoms with Crippen molar-refractivity contribution in [3.05, 3.63) is 47.8 Å². The van der Waals surface area contributed by atoms with E-state index in [0.29, 0.717) is 6.07 Å². The standard InChI is InChI=1S/C24H28F4N2O6S2/c1-16(2)36-22-7-5-17(37(3,32)33)14-19(22)23(31)30-11-9-29(10-12-30)21-6-4-18(15-20(21)25)38(34,35)13-8-24(26,27)28/h4-7,14-16H,8-13H2,1-3H3. The number of halogens is 4. The predicted molar refractivity (Wildman–Crippen MR) is 133 cm³/mol. The molecule has 2 aromatic carbocycles. The van der Waals surface area contributed by atoms with Gasteiger partial charge in [-0.1, -0.05) is 0 Å². The Balaban J connectivity index is 1.75. The quantitative estimate of drug-likeness (QED) is 0.439. The summed E-state index contributed by atoms with van der Waals surface area (Å²) in [6.45, 7) is 4.17. The number of alkyl halides is 3. The molecule has 0 N–H and O–H groups in total. The Morgan fingerprint density at radius 1 is 0.974 bits per heavy atom. The van der Waals surface area contributed by atoms with Crippen molar-refractivity contribution in [3.63, 3.8) is 0 Å². The second-order valence-electron chi connectivity index (χ2n) is 9.17. The van der Waals surface area contributed by atoms with E-state index in [4.69, 9.17) is 4.74 Å². The molecule has 38 heavy (non-hydrogen) atoms. The molecule has 8 nitrogen and oxygen atoms in total. The first-order valence-corrected chi connectivity index (χ1v) is 15.2. The normalized spacial score (nSPS) is 15.2. The highest BCUT2D eigenvalue weighted by atomic mass is 32.2. The molecule has 14 heteroatoms. The Morgan fingerprint density at radius 2 is 1.58 bits per heavy atom. The average molecular weight is 581 g/mol. The van der Waals surface area contributed by atoms with Gasteiger partial charge in [0.2, 0.25) is 0 Å². The third kappa shape index (κ3) is 7.37. The molecule has 0 radical (unpaired) electrons. The van der Waals surface area contributed by atoms with Crippen LogP contribution in [0.5, 0.6) is 5.75 Å². The number of ether oxygens (including phenoxy) is 1. The highest BCUT2D eigenvalue weighted by Crippen LogP contribution is 2.29. The molecule has 2 aromatic rings. The number of sulfone groups is 2. The fourth-order valence-corrected chi connectivity index (χ4v) is 5.83. The SMILES string of the molecule is CC(C)Oc1ccc(S(C)(=O)=O)cc1C(=O)N1CCN(c2ccc(S(=O)(=O)CCC(F)(F)F)cc2F)CC1. The van der Waals surface area contributed by atoms with E-state index in [9.17, 15) is 39.2 Å². The highest BCUT2D eigenvalue weighted by molar-refractivity contribution is 7.91. The Morgan fingerprint density at radius 3 is 2.11 bits per heavy atom. The van der Waals surface area contributed by atoms with Crippen LogP contribution in [0.25, 0.3) is 0 Å². The Labute approximate surface area is 219 Å². The van der Waals surface area contributed by atoms with Crippen molar-refractivity contribution in [2.45, 2.75) is 42.3 Å². The third-order valence-corrected chi connectivity index (χ3v) is 8.64. The number of piperazine rings is 1. The van der Waals surface area contributed by atoms with Crippen LogP contribution in [0.2, 0.25) is 0 Å². The van der Waals surface area contributed by atoms with E-state index in [-0.39, 0.29) is 54.2 Å². The molecule has 0 aromatic heterocycles. The second kappa shape index (κ2) is 11.1. The molecule has 0 atom stereocenters. The van der Waals surface area contributed by atoms with Crippen LogP contribution in [0.4, 0.5) is 23.2 Å². The van der Waals surface area contributed by atoms with Gasteiger partial charge < -0.3 is 14.5 Å². The number of amides is 1. The van der Waals surface area contributed by atoms with Crippen molar-refractivity contribution in [1.82, 2.24) is 4.90 Å². The minimum atomic E-state index is -4.66. The van der Waals surface area contributed by atoms with Gasteiger partial charge in [0.15, 0.2) is 19.7 Å². The van der Waals surface area contributed by atoms with Crippen molar-refractivity contribution in [1.29, 1.82) is 0 Å². The van der Waals surface area contributed by atoms with E-state index in [1.807, 2.05) is 0 Å².